The molecule has 0 heterocycles. The average Bonchev–Trinajstić information content (AvgIpc) is 2.67. The molecule has 0 spiro atoms. The van der Waals surface area contributed by atoms with E-state index >= 15 is 0 Å². The fourth-order valence-corrected chi connectivity index (χ4v) is 4.42. The highest BCUT2D eigenvalue weighted by atomic mass is 31.2. The number of rotatable bonds is 10. The van der Waals surface area contributed by atoms with Gasteiger partial charge in [-0.25, -0.2) is 0 Å². The van der Waals surface area contributed by atoms with Crippen LogP contribution < -0.4 is 11.1 Å². The molecule has 4 unspecified atom stereocenters. The Balaban J connectivity index is 2.20. The predicted molar refractivity (Wildman–Crippen MR) is 114 cm³/mol. The number of carboxylic acid groups (broad SMARTS) is 1. The second-order valence-corrected chi connectivity index (χ2v) is 9.01. The predicted octanol–water partition coefficient (Wildman–Crippen LogP) is 2.61. The van der Waals surface area contributed by atoms with Gasteiger partial charge in [0, 0.05) is 0 Å². The number of hydrogen-bond donors (Lipinski definition) is 4. The summed E-state index contributed by atoms with van der Waals surface area (Å²) in [7, 11) is -4.15. The first-order valence-electron chi connectivity index (χ1n) is 9.51. The number of aliphatic carboxylic acids is 1. The van der Waals surface area contributed by atoms with E-state index in [0.29, 0.717) is 0 Å². The zero-order valence-electron chi connectivity index (χ0n) is 16.9. The van der Waals surface area contributed by atoms with Crippen LogP contribution in [0.4, 0.5) is 0 Å². The van der Waals surface area contributed by atoms with Crippen molar-refractivity contribution in [1.29, 1.82) is 0 Å². The molecule has 2 rings (SSSR count). The molecule has 9 heteroatoms. The lowest BCUT2D eigenvalue weighted by Crippen LogP contribution is -2.43. The SMILES string of the molecule is CC(N)OP(=O)(O)CC(Cc1ccc(-c2ccccc2)cc1)C(=O)NC(C)C(=O)O. The van der Waals surface area contributed by atoms with E-state index < -0.39 is 43.8 Å². The summed E-state index contributed by atoms with van der Waals surface area (Å²) in [5, 5.41) is 11.4. The van der Waals surface area contributed by atoms with Crippen molar-refractivity contribution in [3.05, 3.63) is 60.2 Å². The van der Waals surface area contributed by atoms with Crippen molar-refractivity contribution in [3.63, 3.8) is 0 Å². The van der Waals surface area contributed by atoms with E-state index in [1.54, 1.807) is 0 Å². The number of hydrogen-bond acceptors (Lipinski definition) is 5. The van der Waals surface area contributed by atoms with E-state index in [0.717, 1.165) is 16.7 Å². The summed E-state index contributed by atoms with van der Waals surface area (Å²) in [6.45, 7) is 2.73. The maximum Gasteiger partial charge on any atom is 0.330 e. The van der Waals surface area contributed by atoms with Crippen LogP contribution in [0.1, 0.15) is 19.4 Å². The summed E-state index contributed by atoms with van der Waals surface area (Å²) in [5.74, 6) is -2.81. The van der Waals surface area contributed by atoms with Crippen LogP contribution in [0.25, 0.3) is 11.1 Å². The molecule has 0 radical (unpaired) electrons. The third-order valence-electron chi connectivity index (χ3n) is 4.43. The highest BCUT2D eigenvalue weighted by molar-refractivity contribution is 7.52. The minimum Gasteiger partial charge on any atom is -0.480 e. The fraction of sp³-hybridized carbons (Fsp3) is 0.333. The molecule has 2 aromatic carbocycles. The molecule has 0 aliphatic carbocycles. The second kappa shape index (κ2) is 10.5. The number of carbonyl (C=O) groups excluding carboxylic acids is 1. The molecule has 5 N–H and O–H groups in total. The summed E-state index contributed by atoms with van der Waals surface area (Å²) in [4.78, 5) is 33.8. The normalized spacial score (nSPS) is 16.1. The Hall–Kier alpha value is -2.51. The highest BCUT2D eigenvalue weighted by Crippen LogP contribution is 2.45. The largest absolute Gasteiger partial charge is 0.480 e. The van der Waals surface area contributed by atoms with Gasteiger partial charge in [0.2, 0.25) is 5.91 Å². The van der Waals surface area contributed by atoms with Crippen molar-refractivity contribution in [3.8, 4) is 11.1 Å². The van der Waals surface area contributed by atoms with E-state index in [-0.39, 0.29) is 6.42 Å². The Kier molecular flexibility index (Phi) is 8.32. The first-order chi connectivity index (χ1) is 14.1. The minimum atomic E-state index is -4.15. The third kappa shape index (κ3) is 7.39. The Morgan fingerprint density at radius 1 is 1.07 bits per heavy atom. The number of carbonyl (C=O) groups is 2. The second-order valence-electron chi connectivity index (χ2n) is 7.16. The summed E-state index contributed by atoms with van der Waals surface area (Å²) >= 11 is 0. The number of nitrogens with two attached hydrogens (primary N) is 1. The van der Waals surface area contributed by atoms with E-state index in [1.807, 2.05) is 54.6 Å². The quantitative estimate of drug-likeness (QED) is 0.333. The van der Waals surface area contributed by atoms with Gasteiger partial charge >= 0.3 is 13.6 Å². The van der Waals surface area contributed by atoms with Gasteiger partial charge in [0.05, 0.1) is 12.1 Å². The molecule has 0 saturated carbocycles. The fourth-order valence-electron chi connectivity index (χ4n) is 2.96. The third-order valence-corrected chi connectivity index (χ3v) is 5.99. The lowest BCUT2D eigenvalue weighted by Gasteiger charge is -2.22. The molecule has 0 bridgehead atoms. The van der Waals surface area contributed by atoms with Crippen molar-refractivity contribution in [2.45, 2.75) is 32.5 Å². The molecule has 0 saturated heterocycles. The van der Waals surface area contributed by atoms with Crippen LogP contribution >= 0.6 is 7.60 Å². The zero-order valence-corrected chi connectivity index (χ0v) is 17.8. The van der Waals surface area contributed by atoms with E-state index in [9.17, 15) is 19.0 Å². The summed E-state index contributed by atoms with van der Waals surface area (Å²) < 4.78 is 17.2. The van der Waals surface area contributed by atoms with Crippen LogP contribution in [0.2, 0.25) is 0 Å². The number of amides is 1. The number of nitrogens with one attached hydrogen (secondary N) is 1. The minimum absolute atomic E-state index is 0.139. The van der Waals surface area contributed by atoms with Gasteiger partial charge in [0.15, 0.2) is 0 Å². The highest BCUT2D eigenvalue weighted by Gasteiger charge is 2.32. The number of benzene rings is 2. The van der Waals surface area contributed by atoms with Crippen molar-refractivity contribution >= 4 is 19.5 Å². The smallest absolute Gasteiger partial charge is 0.330 e. The molecule has 162 valence electrons. The van der Waals surface area contributed by atoms with Crippen molar-refractivity contribution < 1.29 is 28.7 Å². The van der Waals surface area contributed by atoms with Crippen LogP contribution in [-0.2, 0) is 25.1 Å². The molecule has 0 aromatic heterocycles. The van der Waals surface area contributed by atoms with E-state index in [2.05, 4.69) is 5.32 Å². The van der Waals surface area contributed by atoms with Crippen LogP contribution in [0.3, 0.4) is 0 Å². The molecule has 0 aliphatic heterocycles. The molecular formula is C21H27N2O6P. The van der Waals surface area contributed by atoms with E-state index in [4.69, 9.17) is 15.4 Å². The number of carboxylic acids is 1. The van der Waals surface area contributed by atoms with E-state index in [1.165, 1.54) is 13.8 Å². The molecule has 30 heavy (non-hydrogen) atoms. The maximum atomic E-state index is 12.6. The Morgan fingerprint density at radius 2 is 1.63 bits per heavy atom. The van der Waals surface area contributed by atoms with Gasteiger partial charge in [-0.05, 0) is 37.0 Å². The summed E-state index contributed by atoms with van der Waals surface area (Å²) in [6, 6.07) is 16.1. The van der Waals surface area contributed by atoms with Crippen LogP contribution in [-0.4, -0.2) is 40.3 Å². The molecule has 1 amide bonds. The van der Waals surface area contributed by atoms with Gasteiger partial charge < -0.3 is 21.1 Å². The first kappa shape index (κ1) is 23.8. The van der Waals surface area contributed by atoms with Gasteiger partial charge in [-0.3, -0.25) is 18.7 Å². The van der Waals surface area contributed by atoms with Gasteiger partial charge in [0.1, 0.15) is 12.3 Å². The zero-order chi connectivity index (χ0) is 22.3. The summed E-state index contributed by atoms with van der Waals surface area (Å²) in [6.07, 6.45) is -1.32. The Labute approximate surface area is 175 Å². The molecule has 8 nitrogen and oxygen atoms in total. The molecular weight excluding hydrogens is 407 g/mol. The Morgan fingerprint density at radius 3 is 2.17 bits per heavy atom. The first-order valence-corrected chi connectivity index (χ1v) is 11.3. The van der Waals surface area contributed by atoms with Crippen molar-refractivity contribution in [2.75, 3.05) is 6.16 Å². The summed E-state index contributed by atoms with van der Waals surface area (Å²) in [5.41, 5.74) is 8.24. The average molecular weight is 434 g/mol. The van der Waals surface area contributed by atoms with Gasteiger partial charge in [-0.15, -0.1) is 0 Å². The van der Waals surface area contributed by atoms with Crippen LogP contribution in [0.15, 0.2) is 54.6 Å². The lowest BCUT2D eigenvalue weighted by molar-refractivity contribution is -0.141. The lowest BCUT2D eigenvalue weighted by atomic mass is 9.97. The Bertz CT molecular complexity index is 901. The van der Waals surface area contributed by atoms with Crippen molar-refractivity contribution in [2.24, 2.45) is 11.7 Å². The van der Waals surface area contributed by atoms with Gasteiger partial charge in [-0.1, -0.05) is 54.6 Å². The molecule has 4 atom stereocenters. The monoisotopic (exact) mass is 434 g/mol. The van der Waals surface area contributed by atoms with Crippen LogP contribution in [0, 0.1) is 5.92 Å². The molecule has 0 fully saturated rings. The van der Waals surface area contributed by atoms with Crippen molar-refractivity contribution in [1.82, 2.24) is 5.32 Å². The topological polar surface area (TPSA) is 139 Å². The maximum absolute atomic E-state index is 12.6. The molecule has 0 aliphatic rings. The standard InChI is InChI=1S/C21H27N2O6P/c1-14(21(25)26)23-20(24)19(13-30(27,28)29-15(2)22)12-16-8-10-18(11-9-16)17-6-4-3-5-7-17/h3-11,14-15,19H,12-13,22H2,1-2H3,(H,23,24)(H,25,26)(H,27,28). The van der Waals surface area contributed by atoms with Gasteiger partial charge in [0.25, 0.3) is 0 Å². The van der Waals surface area contributed by atoms with Crippen LogP contribution in [0.5, 0.6) is 0 Å². The van der Waals surface area contributed by atoms with Gasteiger partial charge in [-0.2, -0.15) is 0 Å². The molecule has 2 aromatic rings.